The number of anilines is 1. The lowest BCUT2D eigenvalue weighted by Crippen LogP contribution is -2.27. The van der Waals surface area contributed by atoms with E-state index in [9.17, 15) is 27.2 Å². The molecule has 0 saturated heterocycles. The number of hydrogen-bond donors (Lipinski definition) is 1. The Labute approximate surface area is 233 Å². The highest BCUT2D eigenvalue weighted by Gasteiger charge is 2.32. The van der Waals surface area contributed by atoms with Crippen molar-refractivity contribution < 1.29 is 36.6 Å². The molecule has 12 heteroatoms. The Morgan fingerprint density at radius 1 is 1.10 bits per heavy atom. The van der Waals surface area contributed by atoms with Crippen LogP contribution in [-0.4, -0.2) is 50.0 Å². The second kappa shape index (κ2) is 14.0. The van der Waals surface area contributed by atoms with E-state index in [1.807, 2.05) is 6.92 Å². The van der Waals surface area contributed by atoms with E-state index < -0.39 is 29.6 Å². The number of alkyl carbamates (subject to hydrolysis) is 1. The predicted molar refractivity (Wildman–Crippen MR) is 145 cm³/mol. The number of rotatable bonds is 11. The predicted octanol–water partition coefficient (Wildman–Crippen LogP) is 6.81. The summed E-state index contributed by atoms with van der Waals surface area (Å²) in [4.78, 5) is 30.6. The molecule has 40 heavy (non-hydrogen) atoms. The topological polar surface area (TPSA) is 80.8 Å². The van der Waals surface area contributed by atoms with Gasteiger partial charge in [-0.25, -0.2) is 9.18 Å². The normalized spacial score (nSPS) is 11.2. The minimum Gasteiger partial charge on any atom is -0.496 e. The van der Waals surface area contributed by atoms with Crippen LogP contribution in [0.25, 0.3) is 11.1 Å². The van der Waals surface area contributed by atoms with Crippen LogP contribution in [0, 0.1) is 5.82 Å². The molecule has 0 aliphatic rings. The zero-order valence-corrected chi connectivity index (χ0v) is 23.0. The van der Waals surface area contributed by atoms with E-state index in [-0.39, 0.29) is 40.8 Å². The highest BCUT2D eigenvalue weighted by atomic mass is 32.2. The summed E-state index contributed by atoms with van der Waals surface area (Å²) < 4.78 is 65.2. The van der Waals surface area contributed by atoms with Gasteiger partial charge in [-0.3, -0.25) is 9.78 Å². The quantitative estimate of drug-likeness (QED) is 0.153. The van der Waals surface area contributed by atoms with Crippen molar-refractivity contribution in [2.24, 2.45) is 0 Å². The smallest absolute Gasteiger partial charge is 0.416 e. The Kier molecular flexibility index (Phi) is 10.8. The lowest BCUT2D eigenvalue weighted by molar-refractivity contribution is -0.137. The molecule has 3 aromatic rings. The number of hydrogen-bond acceptors (Lipinski definition) is 6. The van der Waals surface area contributed by atoms with Crippen molar-refractivity contribution in [1.82, 2.24) is 10.3 Å². The molecule has 0 radical (unpaired) electrons. The molecule has 3 rings (SSSR count). The minimum atomic E-state index is -4.69. The average molecular weight is 580 g/mol. The van der Waals surface area contributed by atoms with Crippen LogP contribution in [0.15, 0.2) is 59.8 Å². The number of ether oxygens (including phenoxy) is 2. The summed E-state index contributed by atoms with van der Waals surface area (Å²) in [6.07, 6.45) is -0.808. The Morgan fingerprint density at radius 3 is 2.58 bits per heavy atom. The Morgan fingerprint density at radius 2 is 1.88 bits per heavy atom. The number of benzene rings is 2. The number of aromatic nitrogens is 1. The molecule has 214 valence electrons. The molecule has 0 unspecified atom stereocenters. The maximum absolute atomic E-state index is 13.8. The highest BCUT2D eigenvalue weighted by molar-refractivity contribution is 7.99. The monoisotopic (exact) mass is 579 g/mol. The van der Waals surface area contributed by atoms with Gasteiger partial charge >= 0.3 is 12.3 Å². The lowest BCUT2D eigenvalue weighted by atomic mass is 10.0. The number of carbonyl (C=O) groups excluding carboxylic acids is 2. The van der Waals surface area contributed by atoms with E-state index in [1.54, 1.807) is 6.07 Å². The zero-order chi connectivity index (χ0) is 29.3. The number of alkyl halides is 3. The number of pyridine rings is 1. The van der Waals surface area contributed by atoms with Crippen LogP contribution in [0.4, 0.5) is 28.0 Å². The van der Waals surface area contributed by atoms with Crippen LogP contribution in [0.3, 0.4) is 0 Å². The van der Waals surface area contributed by atoms with Crippen molar-refractivity contribution in [3.8, 4) is 16.9 Å². The molecule has 0 aliphatic carbocycles. The largest absolute Gasteiger partial charge is 0.496 e. The first-order chi connectivity index (χ1) is 19.0. The summed E-state index contributed by atoms with van der Waals surface area (Å²) >= 11 is 1.06. The van der Waals surface area contributed by atoms with Crippen molar-refractivity contribution >= 4 is 29.4 Å². The standard InChI is InChI=1S/C28H29F4N3O4S/c1-4-5-11-39-27(37)34-10-12-40-21-14-18(13-19(15-21)28(30,31)32)26(36)35(2)24-17-33-9-8-22(24)23-7-6-20(29)16-25(23)38-3/h6-9,13-17H,4-5,10-12H2,1-3H3,(H,34,37). The molecule has 7 nitrogen and oxygen atoms in total. The Hall–Kier alpha value is -3.80. The molecular formula is C28H29F4N3O4S. The molecule has 0 fully saturated rings. The molecule has 0 spiro atoms. The molecule has 0 saturated carbocycles. The molecule has 1 heterocycles. The fraction of sp³-hybridized carbons (Fsp3) is 0.321. The van der Waals surface area contributed by atoms with Gasteiger partial charge in [0.25, 0.3) is 5.91 Å². The van der Waals surface area contributed by atoms with Crippen molar-refractivity contribution in [2.45, 2.75) is 30.8 Å². The van der Waals surface area contributed by atoms with Gasteiger partial charge in [0, 0.05) is 53.2 Å². The fourth-order valence-electron chi connectivity index (χ4n) is 3.72. The molecule has 0 bridgehead atoms. The maximum atomic E-state index is 13.8. The lowest BCUT2D eigenvalue weighted by Gasteiger charge is -2.22. The summed E-state index contributed by atoms with van der Waals surface area (Å²) in [6, 6.07) is 8.63. The number of nitrogens with zero attached hydrogens (tertiary/aromatic N) is 2. The van der Waals surface area contributed by atoms with Crippen LogP contribution in [-0.2, 0) is 10.9 Å². The first kappa shape index (κ1) is 30.7. The summed E-state index contributed by atoms with van der Waals surface area (Å²) in [5.74, 6) is -0.752. The third-order valence-corrected chi connectivity index (χ3v) is 6.75. The second-order valence-corrected chi connectivity index (χ2v) is 9.78. The summed E-state index contributed by atoms with van der Waals surface area (Å²) in [6.45, 7) is 2.41. The van der Waals surface area contributed by atoms with E-state index in [2.05, 4.69) is 10.3 Å². The van der Waals surface area contributed by atoms with Gasteiger partial charge in [0.05, 0.1) is 31.2 Å². The van der Waals surface area contributed by atoms with E-state index in [0.717, 1.165) is 36.7 Å². The maximum Gasteiger partial charge on any atom is 0.416 e. The number of nitrogens with one attached hydrogen (secondary N) is 1. The summed E-state index contributed by atoms with van der Waals surface area (Å²) in [7, 11) is 2.79. The highest BCUT2D eigenvalue weighted by Crippen LogP contribution is 2.38. The van der Waals surface area contributed by atoms with E-state index >= 15 is 0 Å². The average Bonchev–Trinajstić information content (AvgIpc) is 2.94. The SMILES string of the molecule is CCCCOC(=O)NCCSc1cc(C(=O)N(C)c2cnccc2-c2ccc(F)cc2OC)cc(C(F)(F)F)c1. The molecule has 0 atom stereocenters. The number of thioether (sulfide) groups is 1. The van der Waals surface area contributed by atoms with E-state index in [1.165, 1.54) is 55.7 Å². The number of carbonyl (C=O) groups is 2. The second-order valence-electron chi connectivity index (χ2n) is 8.61. The van der Waals surface area contributed by atoms with E-state index in [0.29, 0.717) is 11.1 Å². The van der Waals surface area contributed by atoms with Crippen molar-refractivity contribution in [3.63, 3.8) is 0 Å². The van der Waals surface area contributed by atoms with Gasteiger partial charge in [-0.2, -0.15) is 13.2 Å². The van der Waals surface area contributed by atoms with Crippen LogP contribution < -0.4 is 15.0 Å². The summed E-state index contributed by atoms with van der Waals surface area (Å²) in [5, 5.41) is 2.55. The Balaban J connectivity index is 1.85. The van der Waals surface area contributed by atoms with Gasteiger partial charge in [0.2, 0.25) is 0 Å². The van der Waals surface area contributed by atoms with Crippen LogP contribution in [0.1, 0.15) is 35.7 Å². The van der Waals surface area contributed by atoms with Gasteiger partial charge in [-0.05, 0) is 42.8 Å². The van der Waals surface area contributed by atoms with Gasteiger partial charge in [-0.15, -0.1) is 11.8 Å². The number of amides is 2. The molecule has 2 amide bonds. The summed E-state index contributed by atoms with van der Waals surface area (Å²) in [5.41, 5.74) is 0.0679. The molecule has 1 N–H and O–H groups in total. The molecular weight excluding hydrogens is 550 g/mol. The van der Waals surface area contributed by atoms with Gasteiger partial charge < -0.3 is 19.7 Å². The number of unbranched alkanes of at least 4 members (excludes halogenated alkanes) is 1. The van der Waals surface area contributed by atoms with Crippen LogP contribution >= 0.6 is 11.8 Å². The number of halogens is 4. The van der Waals surface area contributed by atoms with Gasteiger partial charge in [0.15, 0.2) is 0 Å². The van der Waals surface area contributed by atoms with Crippen molar-refractivity contribution in [1.29, 1.82) is 0 Å². The molecule has 0 aliphatic heterocycles. The fourth-order valence-corrected chi connectivity index (χ4v) is 4.58. The van der Waals surface area contributed by atoms with E-state index in [4.69, 9.17) is 9.47 Å². The molecule has 1 aromatic heterocycles. The minimum absolute atomic E-state index is 0.160. The zero-order valence-electron chi connectivity index (χ0n) is 22.2. The third-order valence-electron chi connectivity index (χ3n) is 5.77. The van der Waals surface area contributed by atoms with Crippen LogP contribution in [0.5, 0.6) is 5.75 Å². The van der Waals surface area contributed by atoms with Gasteiger partial charge in [0.1, 0.15) is 11.6 Å². The third kappa shape index (κ3) is 8.10. The number of methoxy groups -OCH3 is 1. The first-order valence-corrected chi connectivity index (χ1v) is 13.4. The first-order valence-electron chi connectivity index (χ1n) is 12.4. The van der Waals surface area contributed by atoms with Crippen molar-refractivity contribution in [3.05, 3.63) is 71.8 Å². The van der Waals surface area contributed by atoms with Gasteiger partial charge in [-0.1, -0.05) is 13.3 Å². The van der Waals surface area contributed by atoms with Crippen molar-refractivity contribution in [2.75, 3.05) is 38.0 Å². The van der Waals surface area contributed by atoms with Crippen LogP contribution in [0.2, 0.25) is 0 Å². The Bertz CT molecular complexity index is 1340. The molecule has 2 aromatic carbocycles.